The van der Waals surface area contributed by atoms with Crippen LogP contribution in [0, 0.1) is 25.2 Å². The molecule has 0 aromatic carbocycles. The molecule has 2 heterocycles. The molecule has 1 amide bonds. The lowest BCUT2D eigenvalue weighted by molar-refractivity contribution is -0.128. The number of anilines is 1. The third kappa shape index (κ3) is 2.72. The molecule has 1 aliphatic rings. The summed E-state index contributed by atoms with van der Waals surface area (Å²) < 4.78 is 0. The molecular weight excluding hydrogens is 254 g/mol. The molecule has 0 saturated carbocycles. The minimum absolute atomic E-state index is 0.0959. The number of amides is 1. The Morgan fingerprint density at radius 3 is 2.60 bits per heavy atom. The number of hydrogen-bond donors (Lipinski definition) is 0. The molecule has 1 aromatic rings. The van der Waals surface area contributed by atoms with Crippen LogP contribution in [0.5, 0.6) is 0 Å². The lowest BCUT2D eigenvalue weighted by Gasteiger charge is -2.23. The zero-order valence-electron chi connectivity index (χ0n) is 12.2. The number of carbonyl (C=O) groups is 1. The number of nitriles is 1. The summed E-state index contributed by atoms with van der Waals surface area (Å²) in [6.07, 6.45) is 0.874. The summed E-state index contributed by atoms with van der Waals surface area (Å²) in [6.45, 7) is 8.23. The average Bonchev–Trinajstić information content (AvgIpc) is 2.67. The van der Waals surface area contributed by atoms with E-state index in [0.29, 0.717) is 24.5 Å². The maximum Gasteiger partial charge on any atom is 0.219 e. The Balaban J connectivity index is 2.27. The van der Waals surface area contributed by atoms with Gasteiger partial charge in [-0.15, -0.1) is 5.10 Å². The summed E-state index contributed by atoms with van der Waals surface area (Å²) in [6, 6.07) is 2.23. The summed E-state index contributed by atoms with van der Waals surface area (Å²) in [7, 11) is 0. The van der Waals surface area contributed by atoms with Gasteiger partial charge >= 0.3 is 0 Å². The van der Waals surface area contributed by atoms with Crippen LogP contribution in [0.2, 0.25) is 0 Å². The normalized spacial score (nSPS) is 15.7. The summed E-state index contributed by atoms with van der Waals surface area (Å²) >= 11 is 0. The van der Waals surface area contributed by atoms with E-state index in [9.17, 15) is 10.1 Å². The van der Waals surface area contributed by atoms with Crippen molar-refractivity contribution in [3.63, 3.8) is 0 Å². The van der Waals surface area contributed by atoms with Crippen LogP contribution in [0.1, 0.15) is 30.2 Å². The van der Waals surface area contributed by atoms with Gasteiger partial charge in [0.1, 0.15) is 11.6 Å². The van der Waals surface area contributed by atoms with Crippen LogP contribution in [0.4, 0.5) is 5.82 Å². The first-order valence-corrected chi connectivity index (χ1v) is 6.79. The Labute approximate surface area is 119 Å². The molecule has 20 heavy (non-hydrogen) atoms. The summed E-state index contributed by atoms with van der Waals surface area (Å²) in [5, 5.41) is 17.7. The fourth-order valence-electron chi connectivity index (χ4n) is 2.40. The Bertz CT molecular complexity index is 563. The molecule has 1 aliphatic heterocycles. The molecule has 0 radical (unpaired) electrons. The predicted octanol–water partition coefficient (Wildman–Crippen LogP) is 1.02. The van der Waals surface area contributed by atoms with Crippen LogP contribution < -0.4 is 4.90 Å². The molecule has 0 aliphatic carbocycles. The van der Waals surface area contributed by atoms with Gasteiger partial charge in [-0.1, -0.05) is 0 Å². The maximum absolute atomic E-state index is 11.4. The molecule has 1 fully saturated rings. The van der Waals surface area contributed by atoms with Crippen LogP contribution in [0.3, 0.4) is 0 Å². The molecule has 0 atom stereocenters. The molecule has 1 aromatic heterocycles. The van der Waals surface area contributed by atoms with E-state index in [0.717, 1.165) is 30.8 Å². The highest BCUT2D eigenvalue weighted by Gasteiger charge is 2.21. The van der Waals surface area contributed by atoms with Crippen molar-refractivity contribution >= 4 is 11.7 Å². The highest BCUT2D eigenvalue weighted by atomic mass is 16.2. The predicted molar refractivity (Wildman–Crippen MR) is 75.3 cm³/mol. The Kier molecular flexibility index (Phi) is 4.18. The van der Waals surface area contributed by atoms with Crippen molar-refractivity contribution in [3.8, 4) is 6.07 Å². The summed E-state index contributed by atoms with van der Waals surface area (Å²) in [4.78, 5) is 15.3. The minimum atomic E-state index is 0.0959. The first-order chi connectivity index (χ1) is 9.54. The van der Waals surface area contributed by atoms with Crippen molar-refractivity contribution in [2.45, 2.75) is 27.2 Å². The maximum atomic E-state index is 11.4. The number of hydrogen-bond acceptors (Lipinski definition) is 5. The molecule has 6 heteroatoms. The van der Waals surface area contributed by atoms with E-state index >= 15 is 0 Å². The van der Waals surface area contributed by atoms with Crippen LogP contribution in [0.25, 0.3) is 0 Å². The third-order valence-electron chi connectivity index (χ3n) is 3.79. The van der Waals surface area contributed by atoms with E-state index < -0.39 is 0 Å². The van der Waals surface area contributed by atoms with E-state index in [-0.39, 0.29) is 5.91 Å². The van der Waals surface area contributed by atoms with Crippen LogP contribution in [0.15, 0.2) is 0 Å². The topological polar surface area (TPSA) is 73.1 Å². The van der Waals surface area contributed by atoms with Crippen molar-refractivity contribution < 1.29 is 4.79 Å². The van der Waals surface area contributed by atoms with E-state index in [1.165, 1.54) is 0 Å². The second-order valence-corrected chi connectivity index (χ2v) is 5.07. The minimum Gasteiger partial charge on any atom is -0.352 e. The van der Waals surface area contributed by atoms with Gasteiger partial charge in [0.2, 0.25) is 5.91 Å². The zero-order valence-corrected chi connectivity index (χ0v) is 12.2. The van der Waals surface area contributed by atoms with Crippen LogP contribution in [-0.2, 0) is 4.79 Å². The van der Waals surface area contributed by atoms with Gasteiger partial charge in [-0.2, -0.15) is 10.4 Å². The van der Waals surface area contributed by atoms with E-state index in [4.69, 9.17) is 0 Å². The fourth-order valence-corrected chi connectivity index (χ4v) is 2.40. The summed E-state index contributed by atoms with van der Waals surface area (Å²) in [5.74, 6) is 0.736. The number of nitrogens with zero attached hydrogens (tertiary/aromatic N) is 5. The summed E-state index contributed by atoms with van der Waals surface area (Å²) in [5.41, 5.74) is 2.25. The molecule has 0 unspecified atom stereocenters. The van der Waals surface area contributed by atoms with Crippen molar-refractivity contribution in [2.24, 2.45) is 0 Å². The van der Waals surface area contributed by atoms with Gasteiger partial charge in [-0.25, -0.2) is 0 Å². The molecule has 106 valence electrons. The first-order valence-electron chi connectivity index (χ1n) is 6.79. The molecule has 1 saturated heterocycles. The van der Waals surface area contributed by atoms with Gasteiger partial charge in [0.15, 0.2) is 5.82 Å². The monoisotopic (exact) mass is 273 g/mol. The van der Waals surface area contributed by atoms with Gasteiger partial charge in [-0.3, -0.25) is 4.79 Å². The second kappa shape index (κ2) is 5.87. The second-order valence-electron chi connectivity index (χ2n) is 5.07. The third-order valence-corrected chi connectivity index (χ3v) is 3.79. The fraction of sp³-hybridized carbons (Fsp3) is 0.571. The Morgan fingerprint density at radius 1 is 1.20 bits per heavy atom. The molecule has 2 rings (SSSR count). The lowest BCUT2D eigenvalue weighted by Crippen LogP contribution is -2.34. The molecule has 0 bridgehead atoms. The molecule has 0 N–H and O–H groups in total. The van der Waals surface area contributed by atoms with E-state index in [1.54, 1.807) is 6.92 Å². The standard InChI is InChI=1S/C14H19N5O/c1-10-11(2)16-17-14(13(10)9-15)19-6-4-5-18(7-8-19)12(3)20/h4-8H2,1-3H3. The SMILES string of the molecule is CC(=O)N1CCCN(c2nnc(C)c(C)c2C#N)CC1. The highest BCUT2D eigenvalue weighted by Crippen LogP contribution is 2.22. The van der Waals surface area contributed by atoms with Gasteiger partial charge in [0, 0.05) is 33.1 Å². The number of aromatic nitrogens is 2. The quantitative estimate of drug-likeness (QED) is 0.764. The molecular formula is C14H19N5O. The Hall–Kier alpha value is -2.16. The van der Waals surface area contributed by atoms with Gasteiger partial charge in [0.25, 0.3) is 0 Å². The smallest absolute Gasteiger partial charge is 0.219 e. The lowest BCUT2D eigenvalue weighted by atomic mass is 10.1. The van der Waals surface area contributed by atoms with Gasteiger partial charge < -0.3 is 9.80 Å². The van der Waals surface area contributed by atoms with E-state index in [2.05, 4.69) is 21.2 Å². The van der Waals surface area contributed by atoms with Gasteiger partial charge in [-0.05, 0) is 25.8 Å². The van der Waals surface area contributed by atoms with Crippen LogP contribution in [-0.4, -0.2) is 47.2 Å². The van der Waals surface area contributed by atoms with Crippen molar-refractivity contribution in [1.82, 2.24) is 15.1 Å². The molecule has 0 spiro atoms. The average molecular weight is 273 g/mol. The van der Waals surface area contributed by atoms with Crippen molar-refractivity contribution in [1.29, 1.82) is 5.26 Å². The zero-order chi connectivity index (χ0) is 14.7. The first kappa shape index (κ1) is 14.3. The van der Waals surface area contributed by atoms with E-state index in [1.807, 2.05) is 18.7 Å². The van der Waals surface area contributed by atoms with Crippen molar-refractivity contribution in [2.75, 3.05) is 31.1 Å². The number of rotatable bonds is 1. The number of carbonyl (C=O) groups excluding carboxylic acids is 1. The van der Waals surface area contributed by atoms with Crippen LogP contribution >= 0.6 is 0 Å². The number of aryl methyl sites for hydroxylation is 1. The Morgan fingerprint density at radius 2 is 1.95 bits per heavy atom. The van der Waals surface area contributed by atoms with Gasteiger partial charge in [0.05, 0.1) is 5.69 Å². The molecule has 6 nitrogen and oxygen atoms in total. The largest absolute Gasteiger partial charge is 0.352 e. The highest BCUT2D eigenvalue weighted by molar-refractivity contribution is 5.73. The van der Waals surface area contributed by atoms with Crippen molar-refractivity contribution in [3.05, 3.63) is 16.8 Å².